The third kappa shape index (κ3) is 3.71. The monoisotopic (exact) mass is 327 g/mol. The lowest BCUT2D eigenvalue weighted by Gasteiger charge is -2.36. The predicted octanol–water partition coefficient (Wildman–Crippen LogP) is 2.89. The molecule has 1 saturated carbocycles. The molecular formula is C15H22BrNO2. The zero-order valence-corrected chi connectivity index (χ0v) is 13.2. The number of halogens is 1. The van der Waals surface area contributed by atoms with Crippen LogP contribution in [0.5, 0.6) is 5.75 Å². The van der Waals surface area contributed by atoms with Crippen molar-refractivity contribution in [2.24, 2.45) is 0 Å². The first-order chi connectivity index (χ1) is 9.06. The minimum atomic E-state index is -0.596. The highest BCUT2D eigenvalue weighted by molar-refractivity contribution is 9.10. The number of benzene rings is 1. The third-order valence-electron chi connectivity index (χ3n) is 4.09. The van der Waals surface area contributed by atoms with Gasteiger partial charge in [-0.2, -0.15) is 0 Å². The molecule has 1 aromatic carbocycles. The number of nitrogens with one attached hydrogen (secondary N) is 1. The van der Waals surface area contributed by atoms with E-state index in [0.717, 1.165) is 41.5 Å². The molecule has 19 heavy (non-hydrogen) atoms. The number of hydrogen-bond acceptors (Lipinski definition) is 3. The Hall–Kier alpha value is -0.580. The molecule has 0 aliphatic heterocycles. The third-order valence-corrected chi connectivity index (χ3v) is 4.58. The van der Waals surface area contributed by atoms with Crippen LogP contribution in [0.15, 0.2) is 22.7 Å². The van der Waals surface area contributed by atoms with Crippen molar-refractivity contribution in [2.75, 3.05) is 14.2 Å². The van der Waals surface area contributed by atoms with Crippen molar-refractivity contribution >= 4 is 15.9 Å². The average molecular weight is 328 g/mol. The Morgan fingerprint density at radius 2 is 2.11 bits per heavy atom. The van der Waals surface area contributed by atoms with Gasteiger partial charge in [0, 0.05) is 16.9 Å². The Morgan fingerprint density at radius 3 is 2.68 bits per heavy atom. The highest BCUT2D eigenvalue weighted by atomic mass is 79.9. The summed E-state index contributed by atoms with van der Waals surface area (Å²) in [5.74, 6) is 0.854. The topological polar surface area (TPSA) is 41.5 Å². The second-order valence-electron chi connectivity index (χ2n) is 5.42. The lowest BCUT2D eigenvalue weighted by molar-refractivity contribution is -0.00285. The van der Waals surface area contributed by atoms with Crippen LogP contribution >= 0.6 is 15.9 Å². The van der Waals surface area contributed by atoms with Gasteiger partial charge < -0.3 is 15.2 Å². The molecule has 0 atom stereocenters. The van der Waals surface area contributed by atoms with Crippen molar-refractivity contribution in [3.63, 3.8) is 0 Å². The van der Waals surface area contributed by atoms with Crippen molar-refractivity contribution in [1.29, 1.82) is 0 Å². The van der Waals surface area contributed by atoms with Gasteiger partial charge in [0.1, 0.15) is 5.75 Å². The van der Waals surface area contributed by atoms with Gasteiger partial charge in [-0.1, -0.05) is 15.9 Å². The normalized spacial score (nSPS) is 27.3. The lowest BCUT2D eigenvalue weighted by atomic mass is 9.78. The summed E-state index contributed by atoms with van der Waals surface area (Å²) in [5.41, 5.74) is 0.476. The van der Waals surface area contributed by atoms with E-state index < -0.39 is 5.60 Å². The summed E-state index contributed by atoms with van der Waals surface area (Å²) in [5, 5.41) is 14.0. The van der Waals surface area contributed by atoms with Gasteiger partial charge in [0.15, 0.2) is 0 Å². The maximum absolute atomic E-state index is 10.8. The number of rotatable bonds is 4. The number of hydrogen-bond donors (Lipinski definition) is 2. The van der Waals surface area contributed by atoms with E-state index in [1.807, 2.05) is 25.2 Å². The molecule has 0 amide bonds. The van der Waals surface area contributed by atoms with E-state index >= 15 is 0 Å². The fourth-order valence-corrected chi connectivity index (χ4v) is 3.27. The first-order valence-corrected chi connectivity index (χ1v) is 7.58. The molecule has 0 saturated heterocycles. The first-order valence-electron chi connectivity index (χ1n) is 6.78. The van der Waals surface area contributed by atoms with Gasteiger partial charge in [0.05, 0.1) is 12.7 Å². The molecular weight excluding hydrogens is 306 g/mol. The van der Waals surface area contributed by atoms with E-state index in [1.165, 1.54) is 0 Å². The highest BCUT2D eigenvalue weighted by Crippen LogP contribution is 2.34. The zero-order valence-electron chi connectivity index (χ0n) is 11.6. The molecule has 2 rings (SSSR count). The molecule has 4 heteroatoms. The van der Waals surface area contributed by atoms with Gasteiger partial charge in [-0.3, -0.25) is 0 Å². The smallest absolute Gasteiger partial charge is 0.122 e. The van der Waals surface area contributed by atoms with Gasteiger partial charge >= 0.3 is 0 Å². The minimum absolute atomic E-state index is 0.546. The summed E-state index contributed by atoms with van der Waals surface area (Å²) < 4.78 is 6.41. The Kier molecular flexibility index (Phi) is 4.87. The Morgan fingerprint density at radius 1 is 1.42 bits per heavy atom. The second kappa shape index (κ2) is 6.25. The number of aliphatic hydroxyl groups is 1. The second-order valence-corrected chi connectivity index (χ2v) is 6.34. The van der Waals surface area contributed by atoms with Crippen LogP contribution in [0.1, 0.15) is 31.2 Å². The molecule has 106 valence electrons. The standard InChI is InChI=1S/C15H22BrNO2/c1-17-13-5-7-15(18,8-6-13)10-11-9-12(16)3-4-14(11)19-2/h3-4,9,13,17-18H,5-8,10H2,1-2H3. The molecule has 0 heterocycles. The number of methoxy groups -OCH3 is 1. The van der Waals surface area contributed by atoms with Crippen LogP contribution in [0.4, 0.5) is 0 Å². The molecule has 1 aromatic rings. The van der Waals surface area contributed by atoms with E-state index in [4.69, 9.17) is 4.74 Å². The van der Waals surface area contributed by atoms with Gasteiger partial charge in [-0.25, -0.2) is 0 Å². The Bertz CT molecular complexity index is 428. The van der Waals surface area contributed by atoms with E-state index in [2.05, 4.69) is 21.2 Å². The summed E-state index contributed by atoms with van der Waals surface area (Å²) in [6.45, 7) is 0. The summed E-state index contributed by atoms with van der Waals surface area (Å²) in [6.07, 6.45) is 4.40. The summed E-state index contributed by atoms with van der Waals surface area (Å²) in [4.78, 5) is 0. The quantitative estimate of drug-likeness (QED) is 0.893. The number of ether oxygens (including phenoxy) is 1. The molecule has 1 aliphatic carbocycles. The first kappa shape index (κ1) is 14.8. The minimum Gasteiger partial charge on any atom is -0.496 e. The molecule has 3 nitrogen and oxygen atoms in total. The van der Waals surface area contributed by atoms with Crippen LogP contribution in [0.2, 0.25) is 0 Å². The average Bonchev–Trinajstić information content (AvgIpc) is 2.39. The van der Waals surface area contributed by atoms with E-state index in [0.29, 0.717) is 12.5 Å². The van der Waals surface area contributed by atoms with Gasteiger partial charge in [-0.05, 0) is 56.5 Å². The summed E-state index contributed by atoms with van der Waals surface area (Å²) >= 11 is 3.48. The molecule has 0 unspecified atom stereocenters. The van der Waals surface area contributed by atoms with Crippen molar-refractivity contribution in [1.82, 2.24) is 5.32 Å². The van der Waals surface area contributed by atoms with Crippen LogP contribution in [-0.4, -0.2) is 30.9 Å². The van der Waals surface area contributed by atoms with E-state index in [1.54, 1.807) is 7.11 Å². The van der Waals surface area contributed by atoms with Gasteiger partial charge in [0.2, 0.25) is 0 Å². The zero-order chi connectivity index (χ0) is 13.9. The maximum atomic E-state index is 10.8. The molecule has 0 spiro atoms. The maximum Gasteiger partial charge on any atom is 0.122 e. The molecule has 1 aliphatic rings. The SMILES string of the molecule is CNC1CCC(O)(Cc2cc(Br)ccc2OC)CC1. The molecule has 0 aromatic heterocycles. The van der Waals surface area contributed by atoms with Crippen LogP contribution in [-0.2, 0) is 6.42 Å². The molecule has 2 N–H and O–H groups in total. The van der Waals surface area contributed by atoms with Crippen molar-refractivity contribution in [3.05, 3.63) is 28.2 Å². The molecule has 1 fully saturated rings. The van der Waals surface area contributed by atoms with Crippen LogP contribution in [0.25, 0.3) is 0 Å². The van der Waals surface area contributed by atoms with Crippen LogP contribution in [0.3, 0.4) is 0 Å². The fraction of sp³-hybridized carbons (Fsp3) is 0.600. The van der Waals surface area contributed by atoms with Gasteiger partial charge in [-0.15, -0.1) is 0 Å². The van der Waals surface area contributed by atoms with Crippen molar-refractivity contribution < 1.29 is 9.84 Å². The van der Waals surface area contributed by atoms with Crippen molar-refractivity contribution in [2.45, 2.75) is 43.7 Å². The van der Waals surface area contributed by atoms with Crippen molar-refractivity contribution in [3.8, 4) is 5.75 Å². The summed E-state index contributed by atoms with van der Waals surface area (Å²) in [7, 11) is 3.67. The van der Waals surface area contributed by atoms with Crippen LogP contribution < -0.4 is 10.1 Å². The predicted molar refractivity (Wildman–Crippen MR) is 80.7 cm³/mol. The van der Waals surface area contributed by atoms with Gasteiger partial charge in [0.25, 0.3) is 0 Å². The summed E-state index contributed by atoms with van der Waals surface area (Å²) in [6, 6.07) is 6.50. The van der Waals surface area contributed by atoms with E-state index in [9.17, 15) is 5.11 Å². The lowest BCUT2D eigenvalue weighted by Crippen LogP contribution is -2.41. The Labute approximate surface area is 123 Å². The molecule has 0 bridgehead atoms. The highest BCUT2D eigenvalue weighted by Gasteiger charge is 2.33. The van der Waals surface area contributed by atoms with E-state index in [-0.39, 0.29) is 0 Å². The molecule has 0 radical (unpaired) electrons. The van der Waals surface area contributed by atoms with Crippen LogP contribution in [0, 0.1) is 0 Å². The fourth-order valence-electron chi connectivity index (χ4n) is 2.86. The Balaban J connectivity index is 2.10. The largest absolute Gasteiger partial charge is 0.496 e.